The summed E-state index contributed by atoms with van der Waals surface area (Å²) in [5.41, 5.74) is 5.13. The summed E-state index contributed by atoms with van der Waals surface area (Å²) in [5, 5.41) is 9.74. The molecule has 0 unspecified atom stereocenters. The number of rotatable bonds is 8. The van der Waals surface area contributed by atoms with Crippen LogP contribution in [0.2, 0.25) is 0 Å². The number of allylic oxidation sites excluding steroid dienone is 2. The summed E-state index contributed by atoms with van der Waals surface area (Å²) >= 11 is 0. The summed E-state index contributed by atoms with van der Waals surface area (Å²) in [6, 6.07) is 7.94. The van der Waals surface area contributed by atoms with Gasteiger partial charge in [0.15, 0.2) is 0 Å². The van der Waals surface area contributed by atoms with Gasteiger partial charge in [0.2, 0.25) is 5.95 Å². The normalized spacial score (nSPS) is 13.4. The predicted molar refractivity (Wildman–Crippen MR) is 124 cm³/mol. The molecule has 1 aromatic carbocycles. The highest BCUT2D eigenvalue weighted by Gasteiger charge is 2.25. The quantitative estimate of drug-likeness (QED) is 0.402. The Hall–Kier alpha value is -3.35. The molecule has 2 heterocycles. The van der Waals surface area contributed by atoms with Crippen molar-refractivity contribution in [2.45, 2.75) is 39.7 Å². The molecule has 0 spiro atoms. The van der Waals surface area contributed by atoms with Crippen LogP contribution in [0.25, 0.3) is 11.0 Å². The second-order valence-corrected chi connectivity index (χ2v) is 7.35. The first kappa shape index (κ1) is 21.4. The number of aromatic nitrogens is 4. The number of nitrogens with zero attached hydrogens (tertiary/aromatic N) is 3. The molecule has 4 N–H and O–H groups in total. The van der Waals surface area contributed by atoms with E-state index in [4.69, 9.17) is 0 Å². The van der Waals surface area contributed by atoms with Crippen LogP contribution in [0.1, 0.15) is 38.7 Å². The third-order valence-electron chi connectivity index (χ3n) is 4.52. The summed E-state index contributed by atoms with van der Waals surface area (Å²) in [6.07, 6.45) is 9.21. The molecule has 158 valence electrons. The van der Waals surface area contributed by atoms with Gasteiger partial charge in [0, 0.05) is 31.2 Å². The highest BCUT2D eigenvalue weighted by Crippen LogP contribution is 2.35. The number of H-pyrrole nitrogens is 1. The van der Waals surface area contributed by atoms with Crippen molar-refractivity contribution in [1.29, 1.82) is 0 Å². The zero-order valence-electron chi connectivity index (χ0n) is 18.0. The molecule has 2 aromatic heterocycles. The highest BCUT2D eigenvalue weighted by atomic mass is 15.1. The number of anilines is 2. The number of benzene rings is 1. The molecule has 1 aliphatic rings. The summed E-state index contributed by atoms with van der Waals surface area (Å²) < 4.78 is 0. The van der Waals surface area contributed by atoms with Gasteiger partial charge in [0.25, 0.3) is 0 Å². The van der Waals surface area contributed by atoms with Gasteiger partial charge in [-0.25, -0.2) is 9.97 Å². The van der Waals surface area contributed by atoms with Crippen molar-refractivity contribution in [3.63, 3.8) is 0 Å². The fourth-order valence-electron chi connectivity index (χ4n) is 2.96. The minimum absolute atomic E-state index is 0.567. The molecule has 30 heavy (non-hydrogen) atoms. The van der Waals surface area contributed by atoms with E-state index in [1.807, 2.05) is 31.3 Å². The Kier molecular flexibility index (Phi) is 7.43. The summed E-state index contributed by atoms with van der Waals surface area (Å²) in [6.45, 7) is 8.96. The molecule has 4 rings (SSSR count). The molecular weight excluding hydrogens is 374 g/mol. The largest absolute Gasteiger partial charge is 0.391 e. The molecule has 0 amide bonds. The van der Waals surface area contributed by atoms with Crippen molar-refractivity contribution in [2.24, 2.45) is 5.92 Å². The van der Waals surface area contributed by atoms with Crippen molar-refractivity contribution >= 4 is 22.8 Å². The number of fused-ring (bicyclic) bond motifs is 1. The molecule has 3 aromatic rings. The third kappa shape index (κ3) is 6.07. The Labute approximate surface area is 178 Å². The summed E-state index contributed by atoms with van der Waals surface area (Å²) in [7, 11) is 1.95. The third-order valence-corrected chi connectivity index (χ3v) is 4.52. The monoisotopic (exact) mass is 405 g/mol. The Bertz CT molecular complexity index is 1000. The van der Waals surface area contributed by atoms with E-state index in [0.29, 0.717) is 24.2 Å². The molecule has 7 heteroatoms. The van der Waals surface area contributed by atoms with Gasteiger partial charge in [0.1, 0.15) is 5.82 Å². The van der Waals surface area contributed by atoms with Gasteiger partial charge in [-0.1, -0.05) is 32.9 Å². The average molecular weight is 406 g/mol. The lowest BCUT2D eigenvalue weighted by molar-refractivity contribution is 0.845. The van der Waals surface area contributed by atoms with Crippen LogP contribution in [0.3, 0.4) is 0 Å². The number of hydrogen-bond acceptors (Lipinski definition) is 6. The summed E-state index contributed by atoms with van der Waals surface area (Å²) in [4.78, 5) is 16.2. The van der Waals surface area contributed by atoms with E-state index in [9.17, 15) is 0 Å². The summed E-state index contributed by atoms with van der Waals surface area (Å²) in [5.74, 6) is 1.92. The first-order valence-electron chi connectivity index (χ1n) is 10.5. The van der Waals surface area contributed by atoms with Crippen LogP contribution in [0.5, 0.6) is 0 Å². The maximum Gasteiger partial charge on any atom is 0.224 e. The number of aromatic amines is 1. The molecule has 0 saturated heterocycles. The van der Waals surface area contributed by atoms with E-state index in [0.717, 1.165) is 22.3 Å². The van der Waals surface area contributed by atoms with Crippen LogP contribution in [0, 0.1) is 5.92 Å². The van der Waals surface area contributed by atoms with Crippen molar-refractivity contribution in [3.05, 3.63) is 66.4 Å². The van der Waals surface area contributed by atoms with E-state index in [-0.39, 0.29) is 0 Å². The van der Waals surface area contributed by atoms with Gasteiger partial charge in [0.05, 0.1) is 17.4 Å². The lowest BCUT2D eigenvalue weighted by Gasteiger charge is -2.10. The van der Waals surface area contributed by atoms with Crippen LogP contribution >= 0.6 is 0 Å². The number of hydrogen-bond donors (Lipinski definition) is 4. The maximum atomic E-state index is 4.51. The van der Waals surface area contributed by atoms with Gasteiger partial charge in [-0.3, -0.25) is 0 Å². The highest BCUT2D eigenvalue weighted by molar-refractivity contribution is 5.75. The van der Waals surface area contributed by atoms with E-state index in [2.05, 4.69) is 62.4 Å². The van der Waals surface area contributed by atoms with E-state index < -0.39 is 0 Å². The Balaban J connectivity index is 0.000000806. The molecule has 1 fully saturated rings. The van der Waals surface area contributed by atoms with E-state index in [1.54, 1.807) is 12.5 Å². The molecule has 0 bridgehead atoms. The minimum Gasteiger partial charge on any atom is -0.391 e. The lowest BCUT2D eigenvalue weighted by atomic mass is 10.2. The van der Waals surface area contributed by atoms with Gasteiger partial charge in [-0.2, -0.15) is 4.98 Å². The van der Waals surface area contributed by atoms with Crippen LogP contribution in [-0.4, -0.2) is 27.0 Å². The molecule has 0 atom stereocenters. The van der Waals surface area contributed by atoms with Crippen LogP contribution < -0.4 is 16.0 Å². The van der Waals surface area contributed by atoms with Gasteiger partial charge in [-0.05, 0) is 48.6 Å². The molecule has 1 aliphatic carbocycles. The Morgan fingerprint density at radius 2 is 2.03 bits per heavy atom. The first-order chi connectivity index (χ1) is 14.6. The number of nitrogens with one attached hydrogen (secondary N) is 4. The fraction of sp³-hybridized carbons (Fsp3) is 0.348. The molecule has 0 radical (unpaired) electrons. The fourth-order valence-corrected chi connectivity index (χ4v) is 2.96. The minimum atomic E-state index is 0.567. The average Bonchev–Trinajstić information content (AvgIpc) is 3.48. The lowest BCUT2D eigenvalue weighted by Crippen LogP contribution is -2.10. The molecular formula is C23H31N7. The topological polar surface area (TPSA) is 90.5 Å². The predicted octanol–water partition coefficient (Wildman–Crippen LogP) is 4.82. The van der Waals surface area contributed by atoms with Crippen LogP contribution in [-0.2, 0) is 6.54 Å². The van der Waals surface area contributed by atoms with Gasteiger partial charge in [-0.15, -0.1) is 0 Å². The van der Waals surface area contributed by atoms with Crippen molar-refractivity contribution in [2.75, 3.05) is 17.7 Å². The first-order valence-corrected chi connectivity index (χ1v) is 10.5. The standard InChI is InChI=1S/C20H23N7.C3H8/c1-13(9-17(21-2)15-4-5-15)26-19-7-8-22-20(27-19)23-11-14-3-6-16-18(10-14)25-12-24-16;1-3-2/h3,6-10,12,15,21H,1,4-5,11H2,2H3,(H,24,25)(H2,22,23,26,27);3H2,1-2H3/b17-9-;. The Morgan fingerprint density at radius 3 is 2.77 bits per heavy atom. The maximum absolute atomic E-state index is 4.51. The van der Waals surface area contributed by atoms with Crippen LogP contribution in [0.15, 0.2) is 60.8 Å². The van der Waals surface area contributed by atoms with Crippen LogP contribution in [0.4, 0.5) is 11.8 Å². The Morgan fingerprint density at radius 1 is 1.23 bits per heavy atom. The molecule has 7 nitrogen and oxygen atoms in total. The zero-order valence-corrected chi connectivity index (χ0v) is 18.0. The van der Waals surface area contributed by atoms with Crippen molar-refractivity contribution < 1.29 is 0 Å². The SMILES string of the molecule is C=C(/C=C(\NC)C1CC1)Nc1ccnc(NCc2ccc3nc[nH]c3c2)n1.CCC. The second kappa shape index (κ2) is 10.4. The van der Waals surface area contributed by atoms with Crippen molar-refractivity contribution in [1.82, 2.24) is 25.3 Å². The zero-order chi connectivity index (χ0) is 21.3. The molecule has 0 aliphatic heterocycles. The van der Waals surface area contributed by atoms with Gasteiger partial charge < -0.3 is 20.9 Å². The van der Waals surface area contributed by atoms with E-state index in [1.165, 1.54) is 25.0 Å². The van der Waals surface area contributed by atoms with Gasteiger partial charge >= 0.3 is 0 Å². The van der Waals surface area contributed by atoms with Crippen molar-refractivity contribution in [3.8, 4) is 0 Å². The van der Waals surface area contributed by atoms with E-state index >= 15 is 0 Å². The molecule has 1 saturated carbocycles. The number of imidazole rings is 1. The smallest absolute Gasteiger partial charge is 0.224 e. The second-order valence-electron chi connectivity index (χ2n) is 7.35.